The van der Waals surface area contributed by atoms with Crippen molar-refractivity contribution in [3.05, 3.63) is 23.7 Å². The van der Waals surface area contributed by atoms with Crippen LogP contribution in [0.25, 0.3) is 0 Å². The molecule has 2 heterocycles. The van der Waals surface area contributed by atoms with E-state index >= 15 is 0 Å². The summed E-state index contributed by atoms with van der Waals surface area (Å²) in [7, 11) is 1.60. The zero-order chi connectivity index (χ0) is 15.4. The first-order valence-corrected chi connectivity index (χ1v) is 7.14. The van der Waals surface area contributed by atoms with Gasteiger partial charge in [0.25, 0.3) is 0 Å². The molecular weight excluding hydrogens is 272 g/mol. The minimum atomic E-state index is -0.298. The highest BCUT2D eigenvalue weighted by atomic mass is 16.5. The number of amides is 2. The number of aryl methyl sites for hydroxylation is 1. The molecule has 2 rings (SSSR count). The van der Waals surface area contributed by atoms with Gasteiger partial charge in [-0.05, 0) is 26.0 Å². The highest BCUT2D eigenvalue weighted by molar-refractivity contribution is 5.89. The van der Waals surface area contributed by atoms with E-state index in [4.69, 9.17) is 9.15 Å². The van der Waals surface area contributed by atoms with Crippen LogP contribution in [0.2, 0.25) is 0 Å². The summed E-state index contributed by atoms with van der Waals surface area (Å²) in [6.07, 6.45) is 0.263. The van der Waals surface area contributed by atoms with Crippen molar-refractivity contribution in [1.29, 1.82) is 0 Å². The number of likely N-dealkylation sites (tertiary alicyclic amines) is 1. The largest absolute Gasteiger partial charge is 0.464 e. The molecule has 1 N–H and O–H groups in total. The smallest absolute Gasteiger partial charge is 0.226 e. The fourth-order valence-electron chi connectivity index (χ4n) is 2.45. The lowest BCUT2D eigenvalue weighted by atomic mass is 10.1. The summed E-state index contributed by atoms with van der Waals surface area (Å²) in [4.78, 5) is 25.7. The molecular formula is C15H22N2O4. The van der Waals surface area contributed by atoms with Crippen LogP contribution >= 0.6 is 0 Å². The quantitative estimate of drug-likeness (QED) is 0.857. The Morgan fingerprint density at radius 1 is 1.57 bits per heavy atom. The van der Waals surface area contributed by atoms with Gasteiger partial charge in [0.1, 0.15) is 11.5 Å². The first kappa shape index (κ1) is 15.6. The fourth-order valence-corrected chi connectivity index (χ4v) is 2.45. The predicted octanol–water partition coefficient (Wildman–Crippen LogP) is 1.26. The number of methoxy groups -OCH3 is 1. The average Bonchev–Trinajstić information content (AvgIpc) is 3.03. The van der Waals surface area contributed by atoms with Gasteiger partial charge in [0, 0.05) is 26.6 Å². The van der Waals surface area contributed by atoms with E-state index in [1.54, 1.807) is 12.0 Å². The summed E-state index contributed by atoms with van der Waals surface area (Å²) in [5, 5.41) is 2.91. The van der Waals surface area contributed by atoms with Gasteiger partial charge in [0.05, 0.1) is 18.6 Å². The van der Waals surface area contributed by atoms with E-state index in [9.17, 15) is 9.59 Å². The van der Waals surface area contributed by atoms with Gasteiger partial charge in [-0.15, -0.1) is 0 Å². The van der Waals surface area contributed by atoms with Crippen LogP contribution in [0.3, 0.4) is 0 Å². The number of nitrogens with one attached hydrogen (secondary N) is 1. The van der Waals surface area contributed by atoms with Gasteiger partial charge in [-0.3, -0.25) is 9.59 Å². The lowest BCUT2D eigenvalue weighted by Crippen LogP contribution is -2.35. The second-order valence-corrected chi connectivity index (χ2v) is 5.41. The molecule has 1 fully saturated rings. The summed E-state index contributed by atoms with van der Waals surface area (Å²) < 4.78 is 10.5. The number of carbonyl (C=O) groups is 2. The van der Waals surface area contributed by atoms with Crippen LogP contribution in [0.15, 0.2) is 16.5 Å². The third-order valence-corrected chi connectivity index (χ3v) is 3.70. The van der Waals surface area contributed by atoms with Crippen molar-refractivity contribution in [3.8, 4) is 0 Å². The molecule has 0 spiro atoms. The molecule has 2 atom stereocenters. The average molecular weight is 294 g/mol. The molecule has 1 aromatic rings. The Balaban J connectivity index is 1.88. The Bertz CT molecular complexity index is 512. The molecule has 1 aliphatic heterocycles. The van der Waals surface area contributed by atoms with E-state index in [2.05, 4.69) is 5.32 Å². The second-order valence-electron chi connectivity index (χ2n) is 5.41. The second kappa shape index (κ2) is 6.76. The maximum atomic E-state index is 12.2. The molecule has 1 aromatic heterocycles. The first-order valence-electron chi connectivity index (χ1n) is 7.14. The summed E-state index contributed by atoms with van der Waals surface area (Å²) >= 11 is 0. The Morgan fingerprint density at radius 2 is 2.33 bits per heavy atom. The van der Waals surface area contributed by atoms with Crippen LogP contribution in [-0.4, -0.2) is 43.5 Å². The number of furan rings is 1. The Hall–Kier alpha value is -1.82. The Morgan fingerprint density at radius 3 is 2.95 bits per heavy atom. The molecule has 0 bridgehead atoms. The minimum Gasteiger partial charge on any atom is -0.464 e. The van der Waals surface area contributed by atoms with Crippen LogP contribution in [0.4, 0.5) is 0 Å². The normalized spacial score (nSPS) is 19.9. The van der Waals surface area contributed by atoms with Crippen molar-refractivity contribution < 1.29 is 18.7 Å². The number of hydrogen-bond donors (Lipinski definition) is 1. The molecule has 1 saturated heterocycles. The minimum absolute atomic E-state index is 0.00805. The molecule has 0 aromatic carbocycles. The van der Waals surface area contributed by atoms with Crippen LogP contribution < -0.4 is 5.32 Å². The number of hydrogen-bond acceptors (Lipinski definition) is 4. The Kier molecular flexibility index (Phi) is 5.01. The van der Waals surface area contributed by atoms with Crippen molar-refractivity contribution in [2.24, 2.45) is 5.92 Å². The lowest BCUT2D eigenvalue weighted by molar-refractivity contribution is -0.129. The predicted molar refractivity (Wildman–Crippen MR) is 76.6 cm³/mol. The molecule has 6 heteroatoms. The number of rotatable bonds is 6. The molecule has 21 heavy (non-hydrogen) atoms. The van der Waals surface area contributed by atoms with Gasteiger partial charge in [0.2, 0.25) is 11.8 Å². The third-order valence-electron chi connectivity index (χ3n) is 3.70. The SMILES string of the molecule is COCCN1CC(C(=O)NC(C)c2ccc(C)o2)CC1=O. The van der Waals surface area contributed by atoms with Crippen molar-refractivity contribution in [3.63, 3.8) is 0 Å². The molecule has 2 unspecified atom stereocenters. The molecule has 1 aliphatic rings. The van der Waals surface area contributed by atoms with Gasteiger partial charge in [-0.25, -0.2) is 0 Å². The van der Waals surface area contributed by atoms with Crippen LogP contribution in [-0.2, 0) is 14.3 Å². The molecule has 0 aliphatic carbocycles. The number of nitrogens with zero attached hydrogens (tertiary/aromatic N) is 1. The zero-order valence-corrected chi connectivity index (χ0v) is 12.7. The van der Waals surface area contributed by atoms with Gasteiger partial charge in [0.15, 0.2) is 0 Å². The van der Waals surface area contributed by atoms with Crippen molar-refractivity contribution in [1.82, 2.24) is 10.2 Å². The third kappa shape index (κ3) is 3.85. The maximum absolute atomic E-state index is 12.2. The van der Waals surface area contributed by atoms with Crippen molar-refractivity contribution >= 4 is 11.8 Å². The van der Waals surface area contributed by atoms with Crippen LogP contribution in [0.1, 0.15) is 30.9 Å². The molecule has 0 radical (unpaired) electrons. The van der Waals surface area contributed by atoms with Crippen LogP contribution in [0.5, 0.6) is 0 Å². The van der Waals surface area contributed by atoms with E-state index in [0.717, 1.165) is 11.5 Å². The highest BCUT2D eigenvalue weighted by Crippen LogP contribution is 2.20. The van der Waals surface area contributed by atoms with E-state index < -0.39 is 0 Å². The standard InChI is InChI=1S/C15H22N2O4/c1-10-4-5-13(21-10)11(2)16-15(19)12-8-14(18)17(9-12)6-7-20-3/h4-5,11-12H,6-9H2,1-3H3,(H,16,19). The Labute approximate surface area is 124 Å². The molecule has 6 nitrogen and oxygen atoms in total. The van der Waals surface area contributed by atoms with Gasteiger partial charge in [-0.1, -0.05) is 0 Å². The van der Waals surface area contributed by atoms with E-state index in [-0.39, 0.29) is 30.2 Å². The van der Waals surface area contributed by atoms with Crippen LogP contribution in [0, 0.1) is 12.8 Å². The zero-order valence-electron chi connectivity index (χ0n) is 12.7. The summed E-state index contributed by atoms with van der Waals surface area (Å²) in [5.41, 5.74) is 0. The maximum Gasteiger partial charge on any atom is 0.226 e. The first-order chi connectivity index (χ1) is 10.0. The fraction of sp³-hybridized carbons (Fsp3) is 0.600. The van der Waals surface area contributed by atoms with E-state index in [0.29, 0.717) is 19.7 Å². The van der Waals surface area contributed by atoms with Gasteiger partial charge >= 0.3 is 0 Å². The van der Waals surface area contributed by atoms with E-state index in [1.165, 1.54) is 0 Å². The lowest BCUT2D eigenvalue weighted by Gasteiger charge is -2.17. The summed E-state index contributed by atoms with van der Waals surface area (Å²) in [5.74, 6) is 1.14. The number of ether oxygens (including phenoxy) is 1. The summed E-state index contributed by atoms with van der Waals surface area (Å²) in [6, 6.07) is 3.52. The van der Waals surface area contributed by atoms with Gasteiger partial charge in [-0.2, -0.15) is 0 Å². The summed E-state index contributed by atoms with van der Waals surface area (Å²) in [6.45, 7) is 5.21. The topological polar surface area (TPSA) is 71.8 Å². The van der Waals surface area contributed by atoms with Crippen molar-refractivity contribution in [2.45, 2.75) is 26.3 Å². The van der Waals surface area contributed by atoms with Gasteiger partial charge < -0.3 is 19.4 Å². The molecule has 2 amide bonds. The van der Waals surface area contributed by atoms with Crippen molar-refractivity contribution in [2.75, 3.05) is 26.8 Å². The molecule has 0 saturated carbocycles. The number of carbonyl (C=O) groups excluding carboxylic acids is 2. The molecule has 116 valence electrons. The van der Waals surface area contributed by atoms with E-state index in [1.807, 2.05) is 26.0 Å². The highest BCUT2D eigenvalue weighted by Gasteiger charge is 2.34. The monoisotopic (exact) mass is 294 g/mol.